The van der Waals surface area contributed by atoms with E-state index in [1.165, 1.54) is 141 Å². The number of hydrogen-bond acceptors (Lipinski definition) is 6. The van der Waals surface area contributed by atoms with Crippen molar-refractivity contribution in [3.8, 4) is 0 Å². The molecule has 0 heterocycles. The molecule has 6 heteroatoms. The molecule has 0 rings (SSSR count). The third-order valence-electron chi connectivity index (χ3n) is 11.6. The average molecular weight is 869 g/mol. The first-order valence-electron chi connectivity index (χ1n) is 26.6. The number of carbonyl (C=O) groups excluding carboxylic acids is 3. The van der Waals surface area contributed by atoms with E-state index in [4.69, 9.17) is 14.2 Å². The zero-order valence-electron chi connectivity index (χ0n) is 41.1. The Hall–Kier alpha value is -2.63. The van der Waals surface area contributed by atoms with E-state index < -0.39 is 6.10 Å². The second-order valence-corrected chi connectivity index (χ2v) is 17.8. The van der Waals surface area contributed by atoms with E-state index in [9.17, 15) is 14.4 Å². The summed E-state index contributed by atoms with van der Waals surface area (Å²) in [7, 11) is 0. The third-order valence-corrected chi connectivity index (χ3v) is 11.6. The van der Waals surface area contributed by atoms with E-state index in [2.05, 4.69) is 69.4 Å². The lowest BCUT2D eigenvalue weighted by atomic mass is 10.0. The Labute approximate surface area is 384 Å². The number of carbonyl (C=O) groups is 3. The van der Waals surface area contributed by atoms with Crippen molar-refractivity contribution >= 4 is 17.9 Å². The summed E-state index contributed by atoms with van der Waals surface area (Å²) in [4.78, 5) is 38.0. The number of esters is 3. The first-order valence-corrected chi connectivity index (χ1v) is 26.6. The van der Waals surface area contributed by atoms with Crippen molar-refractivity contribution in [1.29, 1.82) is 0 Å². The standard InChI is InChI=1S/C56H100O6/c1-4-7-10-13-16-19-22-25-27-28-29-32-34-37-40-43-46-49-55(58)61-52-53(51-60-54(57)48-45-42-39-36-33-30-24-21-18-15-12-9-6-3)62-56(59)50-47-44-41-38-35-31-26-23-20-17-14-11-8-5-2/h7,10,16,19,21,24-25,27,53H,4-6,8-9,11-15,17-18,20,22-23,26,28-52H2,1-3H3/b10-7-,19-16-,24-21-,27-25-. The van der Waals surface area contributed by atoms with Gasteiger partial charge in [-0.05, 0) is 77.0 Å². The molecule has 0 aliphatic rings. The number of hydrogen-bond donors (Lipinski definition) is 0. The minimum atomic E-state index is -0.777. The van der Waals surface area contributed by atoms with Gasteiger partial charge in [-0.2, -0.15) is 0 Å². The lowest BCUT2D eigenvalue weighted by Crippen LogP contribution is -2.30. The maximum Gasteiger partial charge on any atom is 0.306 e. The van der Waals surface area contributed by atoms with Crippen molar-refractivity contribution in [1.82, 2.24) is 0 Å². The van der Waals surface area contributed by atoms with Gasteiger partial charge >= 0.3 is 17.9 Å². The van der Waals surface area contributed by atoms with Gasteiger partial charge in [0.25, 0.3) is 0 Å². The fourth-order valence-corrected chi connectivity index (χ4v) is 7.57. The number of unbranched alkanes of at least 4 members (excludes halogenated alkanes) is 29. The summed E-state index contributed by atoms with van der Waals surface area (Å²) < 4.78 is 16.8. The Balaban J connectivity index is 4.37. The van der Waals surface area contributed by atoms with Gasteiger partial charge in [-0.1, -0.05) is 223 Å². The van der Waals surface area contributed by atoms with Crippen LogP contribution in [0.1, 0.15) is 271 Å². The highest BCUT2D eigenvalue weighted by Gasteiger charge is 2.19. The van der Waals surface area contributed by atoms with Gasteiger partial charge in [0.1, 0.15) is 13.2 Å². The Morgan fingerprint density at radius 3 is 1.02 bits per heavy atom. The van der Waals surface area contributed by atoms with Crippen molar-refractivity contribution in [2.45, 2.75) is 277 Å². The van der Waals surface area contributed by atoms with E-state index in [0.29, 0.717) is 19.3 Å². The van der Waals surface area contributed by atoms with E-state index in [1.54, 1.807) is 0 Å². The van der Waals surface area contributed by atoms with Crippen LogP contribution in [0.3, 0.4) is 0 Å². The molecular formula is C56H100O6. The van der Waals surface area contributed by atoms with Crippen LogP contribution in [0.25, 0.3) is 0 Å². The SMILES string of the molecule is CC/C=C\C/C=C\C/C=C\CCCCCCCCCC(=O)OCC(COC(=O)CCCCCCC/C=C\CCCCCC)OC(=O)CCCCCCCCCCCCCCCC. The van der Waals surface area contributed by atoms with Crippen LogP contribution in [0.4, 0.5) is 0 Å². The molecule has 0 amide bonds. The molecule has 0 aromatic heterocycles. The highest BCUT2D eigenvalue weighted by molar-refractivity contribution is 5.71. The third kappa shape index (κ3) is 48.4. The number of ether oxygens (including phenoxy) is 3. The molecule has 0 radical (unpaired) electrons. The molecule has 0 aliphatic carbocycles. The Morgan fingerprint density at radius 2 is 0.629 bits per heavy atom. The zero-order valence-corrected chi connectivity index (χ0v) is 41.1. The molecule has 0 aromatic carbocycles. The van der Waals surface area contributed by atoms with Crippen molar-refractivity contribution in [3.05, 3.63) is 48.6 Å². The fraction of sp³-hybridized carbons (Fsp3) is 0.804. The molecule has 0 spiro atoms. The summed E-state index contributed by atoms with van der Waals surface area (Å²) >= 11 is 0. The van der Waals surface area contributed by atoms with Crippen molar-refractivity contribution in [2.24, 2.45) is 0 Å². The van der Waals surface area contributed by atoms with E-state index in [0.717, 1.165) is 89.9 Å². The minimum Gasteiger partial charge on any atom is -0.462 e. The van der Waals surface area contributed by atoms with Gasteiger partial charge < -0.3 is 14.2 Å². The molecule has 0 N–H and O–H groups in total. The monoisotopic (exact) mass is 869 g/mol. The Morgan fingerprint density at radius 1 is 0.339 bits per heavy atom. The van der Waals surface area contributed by atoms with Crippen LogP contribution < -0.4 is 0 Å². The summed E-state index contributed by atoms with van der Waals surface area (Å²) in [6, 6.07) is 0. The molecule has 1 atom stereocenters. The van der Waals surface area contributed by atoms with Crippen LogP contribution in [0.2, 0.25) is 0 Å². The summed E-state index contributed by atoms with van der Waals surface area (Å²) in [5, 5.41) is 0. The normalized spacial score (nSPS) is 12.4. The Kier molecular flexibility index (Phi) is 48.8. The zero-order chi connectivity index (χ0) is 45.1. The van der Waals surface area contributed by atoms with Gasteiger partial charge in [-0.3, -0.25) is 14.4 Å². The highest BCUT2D eigenvalue weighted by Crippen LogP contribution is 2.15. The Bertz CT molecular complexity index is 1090. The van der Waals surface area contributed by atoms with Crippen molar-refractivity contribution in [3.63, 3.8) is 0 Å². The molecular weight excluding hydrogens is 769 g/mol. The fourth-order valence-electron chi connectivity index (χ4n) is 7.57. The molecule has 0 aromatic rings. The van der Waals surface area contributed by atoms with Crippen LogP contribution in [0, 0.1) is 0 Å². The number of allylic oxidation sites excluding steroid dienone is 8. The maximum absolute atomic E-state index is 12.8. The molecule has 0 saturated heterocycles. The predicted molar refractivity (Wildman–Crippen MR) is 265 cm³/mol. The van der Waals surface area contributed by atoms with Crippen LogP contribution in [0.15, 0.2) is 48.6 Å². The largest absolute Gasteiger partial charge is 0.462 e. The summed E-state index contributed by atoms with van der Waals surface area (Å²) in [6.07, 6.45) is 60.9. The second kappa shape index (κ2) is 51.0. The first-order chi connectivity index (χ1) is 30.5. The quantitative estimate of drug-likeness (QED) is 0.0262. The minimum absolute atomic E-state index is 0.0782. The van der Waals surface area contributed by atoms with Crippen LogP contribution in [0.5, 0.6) is 0 Å². The van der Waals surface area contributed by atoms with Gasteiger partial charge in [0, 0.05) is 19.3 Å². The van der Waals surface area contributed by atoms with E-state index in [1.807, 2.05) is 0 Å². The van der Waals surface area contributed by atoms with Gasteiger partial charge in [0.15, 0.2) is 6.10 Å². The summed E-state index contributed by atoms with van der Waals surface area (Å²) in [5.74, 6) is -0.886. The number of rotatable bonds is 48. The average Bonchev–Trinajstić information content (AvgIpc) is 3.27. The molecule has 0 aliphatic heterocycles. The van der Waals surface area contributed by atoms with Crippen LogP contribution in [-0.2, 0) is 28.6 Å². The van der Waals surface area contributed by atoms with Crippen LogP contribution in [-0.4, -0.2) is 37.2 Å². The molecule has 6 nitrogen and oxygen atoms in total. The maximum atomic E-state index is 12.8. The summed E-state index contributed by atoms with van der Waals surface area (Å²) in [6.45, 7) is 6.52. The van der Waals surface area contributed by atoms with Crippen molar-refractivity contribution < 1.29 is 28.6 Å². The van der Waals surface area contributed by atoms with Crippen molar-refractivity contribution in [2.75, 3.05) is 13.2 Å². The topological polar surface area (TPSA) is 78.9 Å². The van der Waals surface area contributed by atoms with Gasteiger partial charge in [-0.15, -0.1) is 0 Å². The second-order valence-electron chi connectivity index (χ2n) is 17.8. The lowest BCUT2D eigenvalue weighted by Gasteiger charge is -2.18. The molecule has 0 bridgehead atoms. The van der Waals surface area contributed by atoms with Gasteiger partial charge in [-0.25, -0.2) is 0 Å². The van der Waals surface area contributed by atoms with E-state index >= 15 is 0 Å². The molecule has 0 fully saturated rings. The highest BCUT2D eigenvalue weighted by atomic mass is 16.6. The first kappa shape index (κ1) is 59.4. The summed E-state index contributed by atoms with van der Waals surface area (Å²) in [5.41, 5.74) is 0. The van der Waals surface area contributed by atoms with E-state index in [-0.39, 0.29) is 31.1 Å². The van der Waals surface area contributed by atoms with Crippen LogP contribution >= 0.6 is 0 Å². The molecule has 360 valence electrons. The smallest absolute Gasteiger partial charge is 0.306 e. The van der Waals surface area contributed by atoms with Gasteiger partial charge in [0.05, 0.1) is 0 Å². The molecule has 62 heavy (non-hydrogen) atoms. The molecule has 1 unspecified atom stereocenters. The lowest BCUT2D eigenvalue weighted by molar-refractivity contribution is -0.167. The predicted octanol–water partition coefficient (Wildman–Crippen LogP) is 17.5. The molecule has 0 saturated carbocycles. The van der Waals surface area contributed by atoms with Gasteiger partial charge in [0.2, 0.25) is 0 Å².